The molecule has 0 radical (unpaired) electrons. The normalized spacial score (nSPS) is 20.2. The van der Waals surface area contributed by atoms with Crippen LogP contribution in [0.4, 0.5) is 0 Å². The molecule has 1 heterocycles. The summed E-state index contributed by atoms with van der Waals surface area (Å²) in [6.07, 6.45) is 8.90. The second-order valence-electron chi connectivity index (χ2n) is 7.18. The molecule has 0 bridgehead atoms. The van der Waals surface area contributed by atoms with Crippen molar-refractivity contribution < 1.29 is 14.3 Å². The lowest BCUT2D eigenvalue weighted by Gasteiger charge is -2.39. The average Bonchev–Trinajstić information content (AvgIpc) is 2.68. The summed E-state index contributed by atoms with van der Waals surface area (Å²) in [4.78, 5) is 15.2. The zero-order chi connectivity index (χ0) is 17.6. The van der Waals surface area contributed by atoms with Crippen molar-refractivity contribution >= 4 is 5.91 Å². The Morgan fingerprint density at radius 2 is 1.56 bits per heavy atom. The molecular formula is C20H30N2O3. The van der Waals surface area contributed by atoms with Crippen LogP contribution in [0.5, 0.6) is 11.5 Å². The summed E-state index contributed by atoms with van der Waals surface area (Å²) in [5.74, 6) is 1.22. The number of benzene rings is 1. The van der Waals surface area contributed by atoms with Gasteiger partial charge in [-0.15, -0.1) is 0 Å². The molecular weight excluding hydrogens is 316 g/mol. The number of nitrogens with one attached hydrogen (secondary N) is 1. The average molecular weight is 346 g/mol. The largest absolute Gasteiger partial charge is 0.497 e. The number of rotatable bonds is 5. The van der Waals surface area contributed by atoms with Crippen LogP contribution in [0, 0.1) is 0 Å². The molecule has 1 saturated carbocycles. The Labute approximate surface area is 150 Å². The number of nitrogens with zero attached hydrogens (tertiary/aromatic N) is 1. The SMILES string of the molecule is COc1cc(OC)cc(C(=O)NC2CCN(C3CCCCC3)CC2)c1. The monoisotopic (exact) mass is 346 g/mol. The van der Waals surface area contributed by atoms with Crippen LogP contribution in [-0.4, -0.2) is 50.2 Å². The Morgan fingerprint density at radius 3 is 2.12 bits per heavy atom. The first kappa shape index (κ1) is 18.1. The minimum Gasteiger partial charge on any atom is -0.497 e. The van der Waals surface area contributed by atoms with Crippen molar-refractivity contribution in [3.05, 3.63) is 23.8 Å². The minimum atomic E-state index is -0.0479. The fourth-order valence-corrected chi connectivity index (χ4v) is 4.06. The van der Waals surface area contributed by atoms with Crippen LogP contribution in [0.25, 0.3) is 0 Å². The third-order valence-corrected chi connectivity index (χ3v) is 5.57. The molecule has 0 aromatic heterocycles. The van der Waals surface area contributed by atoms with Gasteiger partial charge in [0.2, 0.25) is 0 Å². The highest BCUT2D eigenvalue weighted by atomic mass is 16.5. The maximum absolute atomic E-state index is 12.6. The molecule has 5 heteroatoms. The Balaban J connectivity index is 1.54. The molecule has 138 valence electrons. The molecule has 1 amide bonds. The fraction of sp³-hybridized carbons (Fsp3) is 0.650. The summed E-state index contributed by atoms with van der Waals surface area (Å²) in [5, 5.41) is 3.18. The van der Waals surface area contributed by atoms with Crippen molar-refractivity contribution in [3.8, 4) is 11.5 Å². The Hall–Kier alpha value is -1.75. The second-order valence-corrected chi connectivity index (χ2v) is 7.18. The van der Waals surface area contributed by atoms with Crippen molar-refractivity contribution in [1.29, 1.82) is 0 Å². The molecule has 1 N–H and O–H groups in total. The van der Waals surface area contributed by atoms with E-state index in [0.29, 0.717) is 17.1 Å². The van der Waals surface area contributed by atoms with E-state index < -0.39 is 0 Å². The number of hydrogen-bond donors (Lipinski definition) is 1. The summed E-state index contributed by atoms with van der Waals surface area (Å²) in [6.45, 7) is 2.19. The first-order chi connectivity index (χ1) is 12.2. The third-order valence-electron chi connectivity index (χ3n) is 5.57. The maximum atomic E-state index is 12.6. The maximum Gasteiger partial charge on any atom is 0.251 e. The molecule has 2 fully saturated rings. The van der Waals surface area contributed by atoms with E-state index in [9.17, 15) is 4.79 Å². The van der Waals surface area contributed by atoms with Gasteiger partial charge in [-0.3, -0.25) is 4.79 Å². The number of ether oxygens (including phenoxy) is 2. The van der Waals surface area contributed by atoms with E-state index in [1.165, 1.54) is 32.1 Å². The topological polar surface area (TPSA) is 50.8 Å². The number of amides is 1. The molecule has 0 atom stereocenters. The lowest BCUT2D eigenvalue weighted by Crippen LogP contribution is -2.48. The number of carbonyl (C=O) groups excluding carboxylic acids is 1. The second kappa shape index (κ2) is 8.56. The molecule has 5 nitrogen and oxygen atoms in total. The van der Waals surface area contributed by atoms with Gasteiger partial charge in [0, 0.05) is 36.8 Å². The van der Waals surface area contributed by atoms with E-state index in [0.717, 1.165) is 32.0 Å². The first-order valence-corrected chi connectivity index (χ1v) is 9.47. The molecule has 1 aromatic carbocycles. The zero-order valence-electron chi connectivity index (χ0n) is 15.4. The van der Waals surface area contributed by atoms with Gasteiger partial charge >= 0.3 is 0 Å². The molecule has 2 aliphatic rings. The highest BCUT2D eigenvalue weighted by Gasteiger charge is 2.27. The Kier molecular flexibility index (Phi) is 6.19. The number of methoxy groups -OCH3 is 2. The van der Waals surface area contributed by atoms with Crippen LogP contribution >= 0.6 is 0 Å². The van der Waals surface area contributed by atoms with Gasteiger partial charge in [0.25, 0.3) is 5.91 Å². The lowest BCUT2D eigenvalue weighted by atomic mass is 9.92. The highest BCUT2D eigenvalue weighted by molar-refractivity contribution is 5.95. The third kappa shape index (κ3) is 4.66. The van der Waals surface area contributed by atoms with Crippen molar-refractivity contribution in [2.75, 3.05) is 27.3 Å². The quantitative estimate of drug-likeness (QED) is 0.889. The minimum absolute atomic E-state index is 0.0479. The molecule has 1 aliphatic carbocycles. The van der Waals surface area contributed by atoms with Crippen LogP contribution in [0.15, 0.2) is 18.2 Å². The van der Waals surface area contributed by atoms with Crippen LogP contribution < -0.4 is 14.8 Å². The summed E-state index contributed by atoms with van der Waals surface area (Å²) in [7, 11) is 3.19. The van der Waals surface area contributed by atoms with Gasteiger partial charge in [0.1, 0.15) is 11.5 Å². The molecule has 1 aliphatic heterocycles. The van der Waals surface area contributed by atoms with Crippen LogP contribution in [-0.2, 0) is 0 Å². The van der Waals surface area contributed by atoms with Crippen LogP contribution in [0.2, 0.25) is 0 Å². The number of likely N-dealkylation sites (tertiary alicyclic amines) is 1. The van der Waals surface area contributed by atoms with E-state index in [4.69, 9.17) is 9.47 Å². The van der Waals surface area contributed by atoms with Gasteiger partial charge in [0.15, 0.2) is 0 Å². The van der Waals surface area contributed by atoms with Gasteiger partial charge in [-0.2, -0.15) is 0 Å². The Bertz CT molecular complexity index is 554. The number of piperidine rings is 1. The van der Waals surface area contributed by atoms with E-state index >= 15 is 0 Å². The van der Waals surface area contributed by atoms with Crippen molar-refractivity contribution in [2.45, 2.75) is 57.0 Å². The molecule has 0 unspecified atom stereocenters. The van der Waals surface area contributed by atoms with Crippen molar-refractivity contribution in [2.24, 2.45) is 0 Å². The van der Waals surface area contributed by atoms with Gasteiger partial charge in [-0.05, 0) is 37.8 Å². The summed E-state index contributed by atoms with van der Waals surface area (Å²) >= 11 is 0. The van der Waals surface area contributed by atoms with E-state index in [2.05, 4.69) is 10.2 Å². The molecule has 25 heavy (non-hydrogen) atoms. The fourth-order valence-electron chi connectivity index (χ4n) is 4.06. The van der Waals surface area contributed by atoms with Crippen molar-refractivity contribution in [1.82, 2.24) is 10.2 Å². The van der Waals surface area contributed by atoms with E-state index in [1.807, 2.05) is 0 Å². The standard InChI is InChI=1S/C20H30N2O3/c1-24-18-12-15(13-19(14-18)25-2)20(23)21-16-8-10-22(11-9-16)17-6-4-3-5-7-17/h12-14,16-17H,3-11H2,1-2H3,(H,21,23). The smallest absolute Gasteiger partial charge is 0.251 e. The van der Waals surface area contributed by atoms with E-state index in [1.54, 1.807) is 32.4 Å². The number of carbonyl (C=O) groups is 1. The summed E-state index contributed by atoms with van der Waals surface area (Å²) in [6, 6.07) is 6.32. The van der Waals surface area contributed by atoms with Gasteiger partial charge in [0.05, 0.1) is 14.2 Å². The predicted octanol–water partition coefficient (Wildman–Crippen LogP) is 3.23. The molecule has 1 aromatic rings. The predicted molar refractivity (Wildman–Crippen MR) is 98.5 cm³/mol. The van der Waals surface area contributed by atoms with Crippen LogP contribution in [0.3, 0.4) is 0 Å². The van der Waals surface area contributed by atoms with Gasteiger partial charge < -0.3 is 19.7 Å². The van der Waals surface area contributed by atoms with Crippen LogP contribution in [0.1, 0.15) is 55.3 Å². The summed E-state index contributed by atoms with van der Waals surface area (Å²) < 4.78 is 10.5. The molecule has 1 saturated heterocycles. The molecule has 3 rings (SSSR count). The lowest BCUT2D eigenvalue weighted by molar-refractivity contribution is 0.0864. The highest BCUT2D eigenvalue weighted by Crippen LogP contribution is 2.26. The Morgan fingerprint density at radius 1 is 0.960 bits per heavy atom. The van der Waals surface area contributed by atoms with Gasteiger partial charge in [-0.25, -0.2) is 0 Å². The summed E-state index contributed by atoms with van der Waals surface area (Å²) in [5.41, 5.74) is 0.589. The zero-order valence-corrected chi connectivity index (χ0v) is 15.4. The van der Waals surface area contributed by atoms with Crippen molar-refractivity contribution in [3.63, 3.8) is 0 Å². The number of hydrogen-bond acceptors (Lipinski definition) is 4. The van der Waals surface area contributed by atoms with E-state index in [-0.39, 0.29) is 11.9 Å². The van der Waals surface area contributed by atoms with Gasteiger partial charge in [-0.1, -0.05) is 19.3 Å². The molecule has 0 spiro atoms. The first-order valence-electron chi connectivity index (χ1n) is 9.47.